The zero-order chi connectivity index (χ0) is 12.0. The Balaban J connectivity index is 2.87. The lowest BCUT2D eigenvalue weighted by Crippen LogP contribution is -2.25. The first-order chi connectivity index (χ1) is 7.72. The van der Waals surface area contributed by atoms with Crippen LogP contribution < -0.4 is 4.90 Å². The topological polar surface area (TPSA) is 40.5 Å². The van der Waals surface area contributed by atoms with Crippen molar-refractivity contribution in [3.63, 3.8) is 0 Å². The third-order valence-corrected chi connectivity index (χ3v) is 2.42. The number of hydrogen-bond donors (Lipinski definition) is 1. The van der Waals surface area contributed by atoms with Gasteiger partial charge in [0, 0.05) is 25.3 Å². The average Bonchev–Trinajstić information content (AvgIpc) is 2.31. The highest BCUT2D eigenvalue weighted by atomic mass is 19.1. The van der Waals surface area contributed by atoms with E-state index in [1.54, 1.807) is 12.1 Å². The first kappa shape index (κ1) is 12.6. The van der Waals surface area contributed by atoms with E-state index in [0.717, 1.165) is 0 Å². The van der Waals surface area contributed by atoms with Gasteiger partial charge < -0.3 is 10.0 Å². The molecule has 3 nitrogen and oxygen atoms in total. The maximum Gasteiger partial charge on any atom is 0.150 e. The number of nitrogens with zero attached hydrogens (tertiary/aromatic N) is 1. The second kappa shape index (κ2) is 6.23. The molecule has 0 bridgehead atoms. The van der Waals surface area contributed by atoms with Crippen LogP contribution in [0.2, 0.25) is 0 Å². The van der Waals surface area contributed by atoms with Gasteiger partial charge in [-0.25, -0.2) is 4.39 Å². The summed E-state index contributed by atoms with van der Waals surface area (Å²) in [6.07, 6.45) is 1.22. The van der Waals surface area contributed by atoms with Crippen LogP contribution in [-0.4, -0.2) is 31.1 Å². The highest BCUT2D eigenvalue weighted by Crippen LogP contribution is 2.20. The number of carbonyl (C=O) groups is 1. The molecule has 0 fully saturated rings. The number of anilines is 1. The first-order valence-electron chi connectivity index (χ1n) is 5.33. The minimum absolute atomic E-state index is 0.0878. The number of aliphatic hydroxyl groups excluding tert-OH is 1. The summed E-state index contributed by atoms with van der Waals surface area (Å²) in [7, 11) is 0. The van der Waals surface area contributed by atoms with Gasteiger partial charge in [0.15, 0.2) is 0 Å². The lowest BCUT2D eigenvalue weighted by Gasteiger charge is -2.23. The maximum atomic E-state index is 13.6. The van der Waals surface area contributed by atoms with Crippen molar-refractivity contribution in [1.82, 2.24) is 0 Å². The summed E-state index contributed by atoms with van der Waals surface area (Å²) < 4.78 is 13.6. The lowest BCUT2D eigenvalue weighted by atomic mass is 10.2. The van der Waals surface area contributed by atoms with E-state index in [1.165, 1.54) is 6.07 Å². The third kappa shape index (κ3) is 3.03. The summed E-state index contributed by atoms with van der Waals surface area (Å²) in [4.78, 5) is 12.3. The monoisotopic (exact) mass is 225 g/mol. The molecule has 0 saturated heterocycles. The van der Waals surface area contributed by atoms with Crippen molar-refractivity contribution in [2.75, 3.05) is 24.6 Å². The molecule has 1 rings (SSSR count). The smallest absolute Gasteiger partial charge is 0.150 e. The van der Waals surface area contributed by atoms with Gasteiger partial charge in [-0.2, -0.15) is 0 Å². The molecule has 1 N–H and O–H groups in total. The minimum atomic E-state index is -0.399. The molecular formula is C12H16FNO2. The highest BCUT2D eigenvalue weighted by Gasteiger charge is 2.09. The Morgan fingerprint density at radius 1 is 1.50 bits per heavy atom. The van der Waals surface area contributed by atoms with Gasteiger partial charge in [-0.05, 0) is 31.5 Å². The highest BCUT2D eigenvalue weighted by molar-refractivity contribution is 5.75. The van der Waals surface area contributed by atoms with Gasteiger partial charge in [0.2, 0.25) is 0 Å². The number of halogens is 1. The van der Waals surface area contributed by atoms with Gasteiger partial charge in [-0.3, -0.25) is 4.79 Å². The van der Waals surface area contributed by atoms with Crippen molar-refractivity contribution in [2.24, 2.45) is 0 Å². The summed E-state index contributed by atoms with van der Waals surface area (Å²) in [6, 6.07) is 4.41. The van der Waals surface area contributed by atoms with E-state index in [-0.39, 0.29) is 6.61 Å². The Labute approximate surface area is 94.5 Å². The van der Waals surface area contributed by atoms with Crippen LogP contribution >= 0.6 is 0 Å². The molecule has 88 valence electrons. The third-order valence-electron chi connectivity index (χ3n) is 2.42. The predicted molar refractivity (Wildman–Crippen MR) is 61.4 cm³/mol. The van der Waals surface area contributed by atoms with Crippen molar-refractivity contribution in [2.45, 2.75) is 13.3 Å². The summed E-state index contributed by atoms with van der Waals surface area (Å²) >= 11 is 0. The fraction of sp³-hybridized carbons (Fsp3) is 0.417. The Morgan fingerprint density at radius 3 is 2.75 bits per heavy atom. The van der Waals surface area contributed by atoms with E-state index in [9.17, 15) is 9.18 Å². The van der Waals surface area contributed by atoms with Crippen molar-refractivity contribution >= 4 is 12.0 Å². The van der Waals surface area contributed by atoms with Crippen LogP contribution in [0.25, 0.3) is 0 Å². The molecule has 0 radical (unpaired) electrons. The number of carbonyl (C=O) groups excluding carboxylic acids is 1. The molecule has 0 aliphatic rings. The maximum absolute atomic E-state index is 13.6. The fourth-order valence-electron chi connectivity index (χ4n) is 1.56. The largest absolute Gasteiger partial charge is 0.396 e. The van der Waals surface area contributed by atoms with Crippen LogP contribution in [0.4, 0.5) is 10.1 Å². The minimum Gasteiger partial charge on any atom is -0.396 e. The van der Waals surface area contributed by atoms with E-state index < -0.39 is 5.82 Å². The molecule has 0 heterocycles. The van der Waals surface area contributed by atoms with E-state index >= 15 is 0 Å². The van der Waals surface area contributed by atoms with Crippen molar-refractivity contribution < 1.29 is 14.3 Å². The van der Waals surface area contributed by atoms with Gasteiger partial charge in [0.05, 0.1) is 5.69 Å². The molecule has 0 unspecified atom stereocenters. The normalized spacial score (nSPS) is 10.2. The number of aldehydes is 1. The summed E-state index contributed by atoms with van der Waals surface area (Å²) in [5, 5.41) is 8.74. The second-order valence-electron chi connectivity index (χ2n) is 3.49. The van der Waals surface area contributed by atoms with Gasteiger partial charge in [0.1, 0.15) is 12.1 Å². The standard InChI is InChI=1S/C12H16FNO2/c1-2-14(6-3-7-15)12-5-4-10(9-16)8-11(12)13/h4-5,8-9,15H,2-3,6-7H2,1H3. The molecule has 0 saturated carbocycles. The SMILES string of the molecule is CCN(CCCO)c1ccc(C=O)cc1F. The molecule has 0 aromatic heterocycles. The van der Waals surface area contributed by atoms with Crippen LogP contribution in [0.5, 0.6) is 0 Å². The van der Waals surface area contributed by atoms with Crippen molar-refractivity contribution in [3.8, 4) is 0 Å². The molecular weight excluding hydrogens is 209 g/mol. The van der Waals surface area contributed by atoms with Crippen molar-refractivity contribution in [1.29, 1.82) is 0 Å². The molecule has 16 heavy (non-hydrogen) atoms. The number of benzene rings is 1. The van der Waals surface area contributed by atoms with Gasteiger partial charge in [0.25, 0.3) is 0 Å². The molecule has 0 aliphatic carbocycles. The van der Waals surface area contributed by atoms with Crippen LogP contribution in [0.3, 0.4) is 0 Å². The van der Waals surface area contributed by atoms with Crippen LogP contribution in [0.15, 0.2) is 18.2 Å². The van der Waals surface area contributed by atoms with Gasteiger partial charge in [-0.15, -0.1) is 0 Å². The number of aliphatic hydroxyl groups is 1. The van der Waals surface area contributed by atoms with Crippen molar-refractivity contribution in [3.05, 3.63) is 29.6 Å². The fourth-order valence-corrected chi connectivity index (χ4v) is 1.56. The lowest BCUT2D eigenvalue weighted by molar-refractivity contribution is 0.112. The average molecular weight is 225 g/mol. The first-order valence-corrected chi connectivity index (χ1v) is 5.33. The van der Waals surface area contributed by atoms with E-state index in [2.05, 4.69) is 0 Å². The van der Waals surface area contributed by atoms with Gasteiger partial charge in [-0.1, -0.05) is 0 Å². The van der Waals surface area contributed by atoms with E-state index in [0.29, 0.717) is 37.0 Å². The summed E-state index contributed by atoms with van der Waals surface area (Å²) in [5.41, 5.74) is 0.806. The van der Waals surface area contributed by atoms with Crippen LogP contribution in [-0.2, 0) is 0 Å². The van der Waals surface area contributed by atoms with Gasteiger partial charge >= 0.3 is 0 Å². The second-order valence-corrected chi connectivity index (χ2v) is 3.49. The Kier molecular flexibility index (Phi) is 4.92. The Hall–Kier alpha value is -1.42. The molecule has 1 aromatic carbocycles. The zero-order valence-corrected chi connectivity index (χ0v) is 9.32. The van der Waals surface area contributed by atoms with E-state index in [4.69, 9.17) is 5.11 Å². The summed E-state index contributed by atoms with van der Waals surface area (Å²) in [6.45, 7) is 3.27. The molecule has 4 heteroatoms. The molecule has 1 aromatic rings. The van der Waals surface area contributed by atoms with Crippen LogP contribution in [0.1, 0.15) is 23.7 Å². The van der Waals surface area contributed by atoms with Crippen LogP contribution in [0, 0.1) is 5.82 Å². The predicted octanol–water partition coefficient (Wildman–Crippen LogP) is 1.85. The molecule has 0 amide bonds. The number of rotatable bonds is 6. The summed E-state index contributed by atoms with van der Waals surface area (Å²) in [5.74, 6) is -0.399. The molecule has 0 atom stereocenters. The number of hydrogen-bond acceptors (Lipinski definition) is 3. The zero-order valence-electron chi connectivity index (χ0n) is 9.32. The molecule has 0 aliphatic heterocycles. The van der Waals surface area contributed by atoms with E-state index in [1.807, 2.05) is 11.8 Å². The Morgan fingerprint density at radius 2 is 2.25 bits per heavy atom. The Bertz CT molecular complexity index is 355. The molecule has 0 spiro atoms. The quantitative estimate of drug-likeness (QED) is 0.751.